The molecule has 0 radical (unpaired) electrons. The highest BCUT2D eigenvalue weighted by atomic mass is 19.1. The largest absolute Gasteiger partial charge is 0.481 e. The average molecular weight is 274 g/mol. The lowest BCUT2D eigenvalue weighted by Crippen LogP contribution is -2.30. The number of nitro groups is 1. The molecule has 1 aromatic carbocycles. The zero-order chi connectivity index (χ0) is 14.7. The molecule has 0 aliphatic carbocycles. The number of anilines is 1. The quantitative estimate of drug-likeness (QED) is 0.635. The molecule has 0 aliphatic rings. The monoisotopic (exact) mass is 274 g/mol. The van der Waals surface area contributed by atoms with Gasteiger partial charge in [0.15, 0.2) is 11.6 Å². The van der Waals surface area contributed by atoms with Gasteiger partial charge in [-0.25, -0.2) is 8.78 Å². The number of nitro benzene ring substituents is 1. The third-order valence-corrected chi connectivity index (χ3v) is 2.75. The molecule has 2 N–H and O–H groups in total. The highest BCUT2D eigenvalue weighted by Crippen LogP contribution is 2.26. The fourth-order valence-electron chi connectivity index (χ4n) is 1.37. The summed E-state index contributed by atoms with van der Waals surface area (Å²) in [5.41, 5.74) is -1.29. The van der Waals surface area contributed by atoms with Gasteiger partial charge in [0.05, 0.1) is 23.0 Å². The van der Waals surface area contributed by atoms with Crippen LogP contribution in [0.1, 0.15) is 13.8 Å². The molecule has 0 heterocycles. The second-order valence-electron chi connectivity index (χ2n) is 4.10. The van der Waals surface area contributed by atoms with Crippen molar-refractivity contribution in [3.63, 3.8) is 0 Å². The Morgan fingerprint density at radius 1 is 1.37 bits per heavy atom. The Kier molecular flexibility index (Phi) is 4.36. The van der Waals surface area contributed by atoms with Crippen LogP contribution in [0.3, 0.4) is 0 Å². The Morgan fingerprint density at radius 2 is 1.84 bits per heavy atom. The van der Waals surface area contributed by atoms with Gasteiger partial charge in [-0.1, -0.05) is 0 Å². The van der Waals surface area contributed by atoms with Crippen molar-refractivity contribution < 1.29 is 23.6 Å². The fourth-order valence-corrected chi connectivity index (χ4v) is 1.37. The zero-order valence-corrected chi connectivity index (χ0v) is 10.2. The van der Waals surface area contributed by atoms with E-state index in [4.69, 9.17) is 5.11 Å². The van der Waals surface area contributed by atoms with Crippen LogP contribution in [0.2, 0.25) is 0 Å². The number of carboxylic acids is 1. The minimum atomic E-state index is -1.14. The van der Waals surface area contributed by atoms with Crippen LogP contribution in [0.25, 0.3) is 0 Å². The summed E-state index contributed by atoms with van der Waals surface area (Å²) < 4.78 is 27.1. The number of benzene rings is 1. The first-order valence-electron chi connectivity index (χ1n) is 5.36. The summed E-state index contributed by atoms with van der Waals surface area (Å²) in [6, 6.07) is 0.399. The van der Waals surface area contributed by atoms with Crippen molar-refractivity contribution in [2.24, 2.45) is 5.92 Å². The van der Waals surface area contributed by atoms with Gasteiger partial charge in [0.1, 0.15) is 5.69 Å². The molecule has 8 heteroatoms. The van der Waals surface area contributed by atoms with E-state index in [9.17, 15) is 23.7 Å². The lowest BCUT2D eigenvalue weighted by molar-refractivity contribution is -0.385. The maximum Gasteiger partial charge on any atom is 0.308 e. The summed E-state index contributed by atoms with van der Waals surface area (Å²) in [4.78, 5) is 20.2. The lowest BCUT2D eigenvalue weighted by Gasteiger charge is -2.19. The summed E-state index contributed by atoms with van der Waals surface area (Å²) in [7, 11) is 0. The molecule has 6 nitrogen and oxygen atoms in total. The molecule has 0 saturated heterocycles. The Hall–Kier alpha value is -2.25. The molecular formula is C11H12F2N2O4. The molecule has 19 heavy (non-hydrogen) atoms. The van der Waals surface area contributed by atoms with Gasteiger partial charge in [-0.2, -0.15) is 0 Å². The topological polar surface area (TPSA) is 92.5 Å². The van der Waals surface area contributed by atoms with Gasteiger partial charge in [0.2, 0.25) is 0 Å². The van der Waals surface area contributed by atoms with Crippen LogP contribution in [-0.4, -0.2) is 22.0 Å². The Morgan fingerprint density at radius 3 is 2.21 bits per heavy atom. The van der Waals surface area contributed by atoms with Gasteiger partial charge in [-0.3, -0.25) is 14.9 Å². The smallest absolute Gasteiger partial charge is 0.308 e. The predicted molar refractivity (Wildman–Crippen MR) is 62.9 cm³/mol. The first-order valence-corrected chi connectivity index (χ1v) is 5.36. The molecule has 1 rings (SSSR count). The fraction of sp³-hybridized carbons (Fsp3) is 0.364. The Balaban J connectivity index is 3.03. The van der Waals surface area contributed by atoms with E-state index >= 15 is 0 Å². The van der Waals surface area contributed by atoms with Crippen molar-refractivity contribution in [3.8, 4) is 0 Å². The van der Waals surface area contributed by atoms with Crippen LogP contribution in [0, 0.1) is 27.7 Å². The highest BCUT2D eigenvalue weighted by Gasteiger charge is 2.23. The summed E-state index contributed by atoms with van der Waals surface area (Å²) >= 11 is 0. The van der Waals surface area contributed by atoms with Crippen molar-refractivity contribution in [2.75, 3.05) is 5.32 Å². The number of hydrogen-bond acceptors (Lipinski definition) is 4. The standard InChI is InChI=1S/C11H12F2N2O4/c1-5(11(16)17)6(2)14-10-8(12)3-7(15(18)19)4-9(10)13/h3-6,14H,1-2H3,(H,16,17). The van der Waals surface area contributed by atoms with Gasteiger partial charge in [0.25, 0.3) is 5.69 Å². The van der Waals surface area contributed by atoms with Crippen LogP contribution >= 0.6 is 0 Å². The van der Waals surface area contributed by atoms with E-state index in [2.05, 4.69) is 5.32 Å². The van der Waals surface area contributed by atoms with Crippen LogP contribution in [0.5, 0.6) is 0 Å². The van der Waals surface area contributed by atoms with Crippen molar-refractivity contribution in [2.45, 2.75) is 19.9 Å². The van der Waals surface area contributed by atoms with Crippen molar-refractivity contribution in [3.05, 3.63) is 33.9 Å². The van der Waals surface area contributed by atoms with E-state index in [1.165, 1.54) is 13.8 Å². The number of aliphatic carboxylic acids is 1. The molecule has 0 bridgehead atoms. The molecule has 0 fully saturated rings. The van der Waals surface area contributed by atoms with Gasteiger partial charge >= 0.3 is 5.97 Å². The molecule has 0 aromatic heterocycles. The Labute approximate surface area is 107 Å². The van der Waals surface area contributed by atoms with Crippen molar-refractivity contribution in [1.82, 2.24) is 0 Å². The number of carbonyl (C=O) groups is 1. The van der Waals surface area contributed by atoms with Crippen LogP contribution < -0.4 is 5.32 Å². The van der Waals surface area contributed by atoms with Gasteiger partial charge in [0, 0.05) is 6.04 Å². The minimum absolute atomic E-state index is 0.573. The van der Waals surface area contributed by atoms with E-state index in [1.54, 1.807) is 0 Å². The number of halogens is 2. The lowest BCUT2D eigenvalue weighted by atomic mass is 10.0. The maximum absolute atomic E-state index is 13.5. The molecule has 0 saturated carbocycles. The third-order valence-electron chi connectivity index (χ3n) is 2.75. The molecule has 0 aliphatic heterocycles. The average Bonchev–Trinajstić information content (AvgIpc) is 2.31. The van der Waals surface area contributed by atoms with E-state index in [-0.39, 0.29) is 0 Å². The van der Waals surface area contributed by atoms with E-state index in [0.717, 1.165) is 0 Å². The molecule has 0 amide bonds. The highest BCUT2D eigenvalue weighted by molar-refractivity contribution is 5.71. The maximum atomic E-state index is 13.5. The summed E-state index contributed by atoms with van der Waals surface area (Å²) in [6.07, 6.45) is 0. The second kappa shape index (κ2) is 5.59. The Bertz CT molecular complexity index is 498. The van der Waals surface area contributed by atoms with Gasteiger partial charge < -0.3 is 10.4 Å². The first kappa shape index (κ1) is 14.8. The first-order chi connectivity index (χ1) is 8.73. The molecular weight excluding hydrogens is 262 g/mol. The van der Waals surface area contributed by atoms with Crippen LogP contribution in [-0.2, 0) is 4.79 Å². The normalized spacial score (nSPS) is 13.7. The van der Waals surface area contributed by atoms with Crippen molar-refractivity contribution >= 4 is 17.3 Å². The number of rotatable bonds is 5. The third kappa shape index (κ3) is 3.36. The molecule has 0 spiro atoms. The summed E-state index contributed by atoms with van der Waals surface area (Å²) in [6.45, 7) is 2.82. The molecule has 2 unspecified atom stereocenters. The van der Waals surface area contributed by atoms with E-state index < -0.39 is 45.9 Å². The summed E-state index contributed by atoms with van der Waals surface area (Å²) in [5, 5.41) is 21.6. The molecule has 104 valence electrons. The van der Waals surface area contributed by atoms with E-state index in [1.807, 2.05) is 0 Å². The molecule has 1 aromatic rings. The van der Waals surface area contributed by atoms with E-state index in [0.29, 0.717) is 12.1 Å². The molecule has 2 atom stereocenters. The zero-order valence-electron chi connectivity index (χ0n) is 10.2. The van der Waals surface area contributed by atoms with Gasteiger partial charge in [-0.15, -0.1) is 0 Å². The second-order valence-corrected chi connectivity index (χ2v) is 4.10. The number of non-ortho nitro benzene ring substituents is 1. The minimum Gasteiger partial charge on any atom is -0.481 e. The van der Waals surface area contributed by atoms with Crippen LogP contribution in [0.4, 0.5) is 20.2 Å². The number of carboxylic acid groups (broad SMARTS) is 1. The predicted octanol–water partition coefficient (Wildman–Crippen LogP) is 2.39. The van der Waals surface area contributed by atoms with Gasteiger partial charge in [-0.05, 0) is 13.8 Å². The number of hydrogen-bond donors (Lipinski definition) is 2. The summed E-state index contributed by atoms with van der Waals surface area (Å²) in [5.74, 6) is -4.29. The van der Waals surface area contributed by atoms with Crippen LogP contribution in [0.15, 0.2) is 12.1 Å². The number of nitrogens with zero attached hydrogens (tertiary/aromatic N) is 1. The van der Waals surface area contributed by atoms with Crippen molar-refractivity contribution in [1.29, 1.82) is 0 Å². The SMILES string of the molecule is CC(Nc1c(F)cc([N+](=O)[O-])cc1F)C(C)C(=O)O. The number of nitrogens with one attached hydrogen (secondary N) is 1.